The third-order valence-corrected chi connectivity index (χ3v) is 2.98. The van der Waals surface area contributed by atoms with E-state index in [0.717, 1.165) is 18.2 Å². The fourth-order valence-electron chi connectivity index (χ4n) is 1.75. The highest BCUT2D eigenvalue weighted by Gasteiger charge is 2.13. The SMILES string of the molecule is [2H]C([2H])(N=C(c1ccc(Cl)cc1)c1cc(F)ccc1O)C([2H])([2H])C([2H])([2H])C(=O)O. The van der Waals surface area contributed by atoms with Gasteiger partial charge in [0.05, 0.1) is 8.45 Å². The van der Waals surface area contributed by atoms with E-state index in [1.54, 1.807) is 0 Å². The van der Waals surface area contributed by atoms with Crippen LogP contribution in [0.3, 0.4) is 0 Å². The number of aliphatic carboxylic acids is 1. The van der Waals surface area contributed by atoms with Crippen molar-refractivity contribution in [1.82, 2.24) is 0 Å². The van der Waals surface area contributed by atoms with Crippen molar-refractivity contribution in [3.8, 4) is 5.75 Å². The van der Waals surface area contributed by atoms with Crippen LogP contribution in [0.15, 0.2) is 47.5 Å². The fraction of sp³-hybridized carbons (Fsp3) is 0.176. The summed E-state index contributed by atoms with van der Waals surface area (Å²) < 4.78 is 60.2. The Kier molecular flexibility index (Phi) is 3.50. The first kappa shape index (κ1) is 10.4. The van der Waals surface area contributed by atoms with Crippen molar-refractivity contribution in [3.63, 3.8) is 0 Å². The molecule has 0 amide bonds. The Hall–Kier alpha value is -2.40. The summed E-state index contributed by atoms with van der Waals surface area (Å²) in [6.45, 7) is -3.43. The molecule has 0 saturated heterocycles. The first-order valence-corrected chi connectivity index (χ1v) is 6.66. The first-order valence-electron chi connectivity index (χ1n) is 9.29. The number of rotatable bonds is 6. The topological polar surface area (TPSA) is 69.9 Å². The number of phenolic OH excluding ortho intramolecular Hbond substituents is 1. The maximum Gasteiger partial charge on any atom is 0.303 e. The number of carboxylic acids is 1. The van der Waals surface area contributed by atoms with Crippen LogP contribution < -0.4 is 0 Å². The molecule has 0 aliphatic rings. The van der Waals surface area contributed by atoms with Gasteiger partial charge in [-0.25, -0.2) is 4.39 Å². The van der Waals surface area contributed by atoms with Gasteiger partial charge in [0.1, 0.15) is 11.6 Å². The lowest BCUT2D eigenvalue weighted by Crippen LogP contribution is -2.06. The smallest absolute Gasteiger partial charge is 0.303 e. The Labute approximate surface area is 146 Å². The highest BCUT2D eigenvalue weighted by molar-refractivity contribution is 6.30. The number of aromatic hydroxyl groups is 1. The standard InChI is InChI=1S/C17H15ClFNO3/c18-12-5-3-11(4-6-12)17(20-9-1-2-16(22)23)14-10-13(19)7-8-15(14)21/h3-8,10,21H,1-2,9H2,(H,22,23)/i1D2,2D2,9D2. The molecule has 2 rings (SSSR count). The second kappa shape index (κ2) is 7.74. The van der Waals surface area contributed by atoms with E-state index in [4.69, 9.17) is 24.9 Å². The van der Waals surface area contributed by atoms with Crippen molar-refractivity contribution >= 4 is 23.3 Å². The quantitative estimate of drug-likeness (QED) is 0.783. The van der Waals surface area contributed by atoms with Gasteiger partial charge in [-0.2, -0.15) is 0 Å². The van der Waals surface area contributed by atoms with E-state index >= 15 is 0 Å². The number of phenols is 1. The van der Waals surface area contributed by atoms with E-state index < -0.39 is 42.5 Å². The van der Waals surface area contributed by atoms with Crippen molar-refractivity contribution in [2.75, 3.05) is 6.50 Å². The summed E-state index contributed by atoms with van der Waals surface area (Å²) >= 11 is 5.82. The minimum atomic E-state index is -3.64. The number of hydrogen-bond acceptors (Lipinski definition) is 3. The van der Waals surface area contributed by atoms with E-state index in [2.05, 4.69) is 4.99 Å². The predicted molar refractivity (Wildman–Crippen MR) is 86.9 cm³/mol. The Bertz CT molecular complexity index is 966. The summed E-state index contributed by atoms with van der Waals surface area (Å²) in [4.78, 5) is 14.7. The van der Waals surface area contributed by atoms with Crippen LogP contribution in [0.5, 0.6) is 5.75 Å². The maximum absolute atomic E-state index is 13.8. The van der Waals surface area contributed by atoms with Gasteiger partial charge < -0.3 is 10.2 Å². The van der Waals surface area contributed by atoms with Gasteiger partial charge in [0.15, 0.2) is 0 Å². The van der Waals surface area contributed by atoms with Gasteiger partial charge >= 0.3 is 5.97 Å². The highest BCUT2D eigenvalue weighted by atomic mass is 35.5. The third-order valence-electron chi connectivity index (χ3n) is 2.72. The Morgan fingerprint density at radius 2 is 1.96 bits per heavy atom. The molecule has 2 N–H and O–H groups in total. The van der Waals surface area contributed by atoms with E-state index in [1.165, 1.54) is 24.3 Å². The second-order valence-electron chi connectivity index (χ2n) is 4.30. The Morgan fingerprint density at radius 3 is 2.61 bits per heavy atom. The summed E-state index contributed by atoms with van der Waals surface area (Å²) in [5.41, 5.74) is -0.623. The largest absolute Gasteiger partial charge is 0.507 e. The molecule has 23 heavy (non-hydrogen) atoms. The van der Waals surface area contributed by atoms with E-state index in [-0.39, 0.29) is 11.1 Å². The average Bonchev–Trinajstić information content (AvgIpc) is 2.62. The van der Waals surface area contributed by atoms with Gasteiger partial charge in [-0.1, -0.05) is 23.7 Å². The van der Waals surface area contributed by atoms with Crippen LogP contribution in [0.25, 0.3) is 0 Å². The molecule has 0 radical (unpaired) electrons. The summed E-state index contributed by atoms with van der Waals surface area (Å²) in [6.07, 6.45) is -7.28. The summed E-state index contributed by atoms with van der Waals surface area (Å²) in [5.74, 6) is -3.52. The number of hydrogen-bond donors (Lipinski definition) is 2. The van der Waals surface area contributed by atoms with Crippen LogP contribution in [0, 0.1) is 5.82 Å². The molecule has 0 fully saturated rings. The van der Waals surface area contributed by atoms with Gasteiger partial charge in [0, 0.05) is 34.5 Å². The minimum Gasteiger partial charge on any atom is -0.507 e. The molecule has 0 aliphatic heterocycles. The lowest BCUT2D eigenvalue weighted by molar-refractivity contribution is -0.137. The zero-order valence-electron chi connectivity index (χ0n) is 17.5. The average molecular weight is 342 g/mol. The van der Waals surface area contributed by atoms with Crippen molar-refractivity contribution < 1.29 is 27.6 Å². The van der Waals surface area contributed by atoms with Crippen LogP contribution in [0.2, 0.25) is 5.02 Å². The molecule has 0 bridgehead atoms. The van der Waals surface area contributed by atoms with Crippen molar-refractivity contribution in [2.24, 2.45) is 4.99 Å². The van der Waals surface area contributed by atoms with Crippen LogP contribution in [0.4, 0.5) is 4.39 Å². The molecule has 6 heteroatoms. The summed E-state index contributed by atoms with van der Waals surface area (Å²) in [7, 11) is 0. The van der Waals surface area contributed by atoms with Crippen LogP contribution in [-0.4, -0.2) is 28.4 Å². The second-order valence-corrected chi connectivity index (χ2v) is 4.73. The lowest BCUT2D eigenvalue weighted by Gasteiger charge is -2.10. The first-order chi connectivity index (χ1) is 13.2. The molecular formula is C17H15ClFNO3. The number of carbonyl (C=O) groups is 1. The number of aliphatic imine (C=N–C) groups is 1. The van der Waals surface area contributed by atoms with Crippen molar-refractivity contribution in [1.29, 1.82) is 0 Å². The van der Waals surface area contributed by atoms with Crippen LogP contribution >= 0.6 is 11.6 Å². The molecule has 2 aromatic rings. The molecule has 120 valence electrons. The van der Waals surface area contributed by atoms with Gasteiger partial charge in [-0.15, -0.1) is 0 Å². The molecule has 0 atom stereocenters. The molecule has 0 aliphatic carbocycles. The summed E-state index contributed by atoms with van der Waals surface area (Å²) in [6, 6.07) is 8.24. The van der Waals surface area contributed by atoms with E-state index in [9.17, 15) is 14.3 Å². The number of benzene rings is 2. The highest BCUT2D eigenvalue weighted by Crippen LogP contribution is 2.23. The molecule has 2 aromatic carbocycles. The van der Waals surface area contributed by atoms with Crippen molar-refractivity contribution in [2.45, 2.75) is 12.7 Å². The predicted octanol–water partition coefficient (Wildman–Crippen LogP) is 3.89. The van der Waals surface area contributed by atoms with Crippen molar-refractivity contribution in [3.05, 3.63) is 64.4 Å². The number of carboxylic acid groups (broad SMARTS) is 1. The van der Waals surface area contributed by atoms with Crippen LogP contribution in [0.1, 0.15) is 32.1 Å². The molecule has 0 saturated carbocycles. The number of nitrogens with zero attached hydrogens (tertiary/aromatic N) is 1. The molecule has 0 spiro atoms. The van der Waals surface area contributed by atoms with Gasteiger partial charge in [0.2, 0.25) is 0 Å². The lowest BCUT2D eigenvalue weighted by atomic mass is 10.0. The molecule has 0 unspecified atom stereocenters. The zero-order chi connectivity index (χ0) is 22.2. The van der Waals surface area contributed by atoms with E-state index in [0.29, 0.717) is 5.02 Å². The molecular weight excluding hydrogens is 321 g/mol. The van der Waals surface area contributed by atoms with Gasteiger partial charge in [0.25, 0.3) is 0 Å². The third kappa shape index (κ3) is 4.79. The Balaban J connectivity index is 2.77. The normalized spacial score (nSPS) is 17.2. The van der Waals surface area contributed by atoms with Crippen LogP contribution in [-0.2, 0) is 4.79 Å². The Morgan fingerprint density at radius 1 is 1.26 bits per heavy atom. The van der Waals surface area contributed by atoms with E-state index in [1.807, 2.05) is 0 Å². The van der Waals surface area contributed by atoms with Gasteiger partial charge in [-0.3, -0.25) is 9.79 Å². The van der Waals surface area contributed by atoms with Gasteiger partial charge in [-0.05, 0) is 36.7 Å². The fourth-order valence-corrected chi connectivity index (χ4v) is 1.88. The molecule has 0 heterocycles. The molecule has 4 nitrogen and oxygen atoms in total. The maximum atomic E-state index is 13.8. The monoisotopic (exact) mass is 341 g/mol. The minimum absolute atomic E-state index is 0.103. The zero-order valence-corrected chi connectivity index (χ0v) is 12.3. The summed E-state index contributed by atoms with van der Waals surface area (Å²) in [5, 5.41) is 19.4. The number of halogens is 2. The molecule has 0 aromatic heterocycles.